The van der Waals surface area contributed by atoms with E-state index in [-0.39, 0.29) is 12.4 Å². The summed E-state index contributed by atoms with van der Waals surface area (Å²) in [5.74, 6) is 0.540. The Hall–Kier alpha value is -1.80. The van der Waals surface area contributed by atoms with Gasteiger partial charge in [-0.1, -0.05) is 29.4 Å². The topological polar surface area (TPSA) is 69.0 Å². The molecule has 25 heavy (non-hydrogen) atoms. The van der Waals surface area contributed by atoms with Crippen LogP contribution in [-0.2, 0) is 24.1 Å². The van der Waals surface area contributed by atoms with E-state index in [1.807, 2.05) is 0 Å². The lowest BCUT2D eigenvalue weighted by Crippen LogP contribution is -2.32. The third-order valence-corrected chi connectivity index (χ3v) is 4.52. The normalized spacial score (nSPS) is 11.4. The molecule has 0 atom stereocenters. The molecule has 0 saturated carbocycles. The molecular weight excluding hydrogens is 367 g/mol. The van der Waals surface area contributed by atoms with Gasteiger partial charge in [0.2, 0.25) is 0 Å². The number of thioether (sulfide) groups is 1. The molecular formula is C16H20ClFN4O2S. The summed E-state index contributed by atoms with van der Waals surface area (Å²) in [5, 5.41) is 11.7. The lowest BCUT2D eigenvalue weighted by atomic mass is 10.2. The van der Waals surface area contributed by atoms with Gasteiger partial charge in [0.05, 0.1) is 6.54 Å². The van der Waals surface area contributed by atoms with Crippen LogP contribution in [0.1, 0.15) is 32.2 Å². The number of amides is 1. The first-order valence-electron chi connectivity index (χ1n) is 7.58. The van der Waals surface area contributed by atoms with Gasteiger partial charge in [-0.15, -0.1) is 10.2 Å². The molecule has 9 heteroatoms. The van der Waals surface area contributed by atoms with E-state index in [9.17, 15) is 9.18 Å². The van der Waals surface area contributed by atoms with E-state index < -0.39 is 11.7 Å². The van der Waals surface area contributed by atoms with Crippen LogP contribution in [0.25, 0.3) is 0 Å². The number of aromatic nitrogens is 3. The van der Waals surface area contributed by atoms with Crippen LogP contribution in [0, 0.1) is 5.82 Å². The number of nitrogens with zero attached hydrogens (tertiary/aromatic N) is 3. The van der Waals surface area contributed by atoms with Crippen molar-refractivity contribution in [3.8, 4) is 0 Å². The molecule has 1 aromatic carbocycles. The van der Waals surface area contributed by atoms with Crippen molar-refractivity contribution in [2.24, 2.45) is 7.05 Å². The van der Waals surface area contributed by atoms with Gasteiger partial charge in [0.1, 0.15) is 11.4 Å². The summed E-state index contributed by atoms with van der Waals surface area (Å²) in [6.07, 6.45) is -0.525. The molecule has 136 valence electrons. The van der Waals surface area contributed by atoms with Crippen molar-refractivity contribution in [2.45, 2.75) is 43.8 Å². The van der Waals surface area contributed by atoms with Gasteiger partial charge in [0.15, 0.2) is 11.0 Å². The minimum Gasteiger partial charge on any atom is -0.444 e. The van der Waals surface area contributed by atoms with E-state index in [0.717, 1.165) is 0 Å². The van der Waals surface area contributed by atoms with Crippen molar-refractivity contribution < 1.29 is 13.9 Å². The maximum absolute atomic E-state index is 13.8. The number of halogens is 2. The van der Waals surface area contributed by atoms with Gasteiger partial charge in [0.25, 0.3) is 0 Å². The van der Waals surface area contributed by atoms with Crippen molar-refractivity contribution in [2.75, 3.05) is 0 Å². The Balaban J connectivity index is 1.96. The fraction of sp³-hybridized carbons (Fsp3) is 0.438. The highest BCUT2D eigenvalue weighted by Gasteiger charge is 2.17. The molecule has 6 nitrogen and oxygen atoms in total. The molecule has 2 rings (SSSR count). The Bertz CT molecular complexity index is 741. The first kappa shape index (κ1) is 19.5. The molecule has 1 heterocycles. The predicted octanol–water partition coefficient (Wildman–Crippen LogP) is 3.92. The van der Waals surface area contributed by atoms with Gasteiger partial charge in [-0.25, -0.2) is 9.18 Å². The number of alkyl carbamates (subject to hydrolysis) is 1. The molecule has 0 bridgehead atoms. The summed E-state index contributed by atoms with van der Waals surface area (Å²) in [5.41, 5.74) is -0.144. The van der Waals surface area contributed by atoms with E-state index >= 15 is 0 Å². The Morgan fingerprint density at radius 3 is 2.76 bits per heavy atom. The largest absolute Gasteiger partial charge is 0.444 e. The molecule has 0 spiro atoms. The van der Waals surface area contributed by atoms with Gasteiger partial charge in [0, 0.05) is 23.4 Å². The number of ether oxygens (including phenoxy) is 1. The molecule has 0 aliphatic rings. The Labute approximate surface area is 155 Å². The van der Waals surface area contributed by atoms with Crippen molar-refractivity contribution >= 4 is 29.5 Å². The molecule has 2 aromatic rings. The highest BCUT2D eigenvalue weighted by Crippen LogP contribution is 2.27. The highest BCUT2D eigenvalue weighted by molar-refractivity contribution is 7.98. The minimum absolute atomic E-state index is 0.180. The Morgan fingerprint density at radius 1 is 1.40 bits per heavy atom. The van der Waals surface area contributed by atoms with Gasteiger partial charge in [-0.05, 0) is 32.9 Å². The number of hydrogen-bond acceptors (Lipinski definition) is 5. The van der Waals surface area contributed by atoms with Crippen LogP contribution in [0.5, 0.6) is 0 Å². The third-order valence-electron chi connectivity index (χ3n) is 3.12. The van der Waals surface area contributed by atoms with Crippen molar-refractivity contribution in [1.82, 2.24) is 20.1 Å². The van der Waals surface area contributed by atoms with Crippen LogP contribution in [0.15, 0.2) is 23.4 Å². The second-order valence-corrected chi connectivity index (χ2v) is 7.65. The molecule has 0 aliphatic carbocycles. The van der Waals surface area contributed by atoms with Crippen LogP contribution in [-0.4, -0.2) is 26.5 Å². The van der Waals surface area contributed by atoms with E-state index in [4.69, 9.17) is 16.3 Å². The second kappa shape index (κ2) is 8.05. The second-order valence-electron chi connectivity index (χ2n) is 6.30. The summed E-state index contributed by atoms with van der Waals surface area (Å²) < 4.78 is 20.7. The summed E-state index contributed by atoms with van der Waals surface area (Å²) >= 11 is 7.34. The van der Waals surface area contributed by atoms with Crippen molar-refractivity contribution in [3.63, 3.8) is 0 Å². The summed E-state index contributed by atoms with van der Waals surface area (Å²) in [4.78, 5) is 11.7. The summed E-state index contributed by atoms with van der Waals surface area (Å²) in [6.45, 7) is 5.55. The summed E-state index contributed by atoms with van der Waals surface area (Å²) in [6, 6.07) is 4.58. The highest BCUT2D eigenvalue weighted by atomic mass is 35.5. The molecule has 0 aliphatic heterocycles. The van der Waals surface area contributed by atoms with Gasteiger partial charge >= 0.3 is 6.09 Å². The minimum atomic E-state index is -0.565. The van der Waals surface area contributed by atoms with Gasteiger partial charge in [-0.3, -0.25) is 0 Å². The van der Waals surface area contributed by atoms with Crippen LogP contribution in [0.2, 0.25) is 5.02 Å². The van der Waals surface area contributed by atoms with Crippen LogP contribution >= 0.6 is 23.4 Å². The molecule has 0 radical (unpaired) electrons. The van der Waals surface area contributed by atoms with Crippen LogP contribution in [0.3, 0.4) is 0 Å². The maximum atomic E-state index is 13.8. The Kier molecular flexibility index (Phi) is 6.29. The van der Waals surface area contributed by atoms with Gasteiger partial charge < -0.3 is 14.6 Å². The standard InChI is InChI=1S/C16H20ClFN4O2S/c1-16(2,3)24-15(23)19-8-13-20-21-14(22(13)4)25-9-10-11(17)6-5-7-12(10)18/h5-7H,8-9H2,1-4H3,(H,19,23). The number of carbonyl (C=O) groups excluding carboxylic acids is 1. The maximum Gasteiger partial charge on any atom is 0.408 e. The summed E-state index contributed by atoms with van der Waals surface area (Å²) in [7, 11) is 1.78. The van der Waals surface area contributed by atoms with Crippen LogP contribution in [0.4, 0.5) is 9.18 Å². The van der Waals surface area contributed by atoms with Gasteiger partial charge in [-0.2, -0.15) is 0 Å². The average molecular weight is 387 g/mol. The zero-order valence-electron chi connectivity index (χ0n) is 14.5. The monoisotopic (exact) mass is 386 g/mol. The number of rotatable bonds is 5. The van der Waals surface area contributed by atoms with E-state index in [0.29, 0.717) is 27.3 Å². The molecule has 1 amide bonds. The number of carbonyl (C=O) groups is 1. The lowest BCUT2D eigenvalue weighted by molar-refractivity contribution is 0.0521. The lowest BCUT2D eigenvalue weighted by Gasteiger charge is -2.19. The predicted molar refractivity (Wildman–Crippen MR) is 95.0 cm³/mol. The third kappa shape index (κ3) is 5.61. The number of nitrogens with one attached hydrogen (secondary N) is 1. The van der Waals surface area contributed by atoms with Crippen LogP contribution < -0.4 is 5.32 Å². The van der Waals surface area contributed by atoms with Crippen molar-refractivity contribution in [3.05, 3.63) is 40.4 Å². The van der Waals surface area contributed by atoms with E-state index in [2.05, 4.69) is 15.5 Å². The molecule has 0 fully saturated rings. The Morgan fingerprint density at radius 2 is 2.12 bits per heavy atom. The first-order valence-corrected chi connectivity index (χ1v) is 8.94. The average Bonchev–Trinajstić information content (AvgIpc) is 2.83. The zero-order valence-corrected chi connectivity index (χ0v) is 16.0. The fourth-order valence-corrected chi connectivity index (χ4v) is 3.17. The smallest absolute Gasteiger partial charge is 0.408 e. The quantitative estimate of drug-likeness (QED) is 0.788. The number of hydrogen-bond donors (Lipinski definition) is 1. The molecule has 0 saturated heterocycles. The fourth-order valence-electron chi connectivity index (χ4n) is 1.90. The van der Waals surface area contributed by atoms with E-state index in [1.54, 1.807) is 44.5 Å². The SMILES string of the molecule is Cn1c(CNC(=O)OC(C)(C)C)nnc1SCc1c(F)cccc1Cl. The zero-order chi connectivity index (χ0) is 18.6. The van der Waals surface area contributed by atoms with E-state index in [1.165, 1.54) is 17.8 Å². The van der Waals surface area contributed by atoms with Crippen molar-refractivity contribution in [1.29, 1.82) is 0 Å². The number of benzene rings is 1. The molecule has 0 unspecified atom stereocenters. The molecule has 1 aromatic heterocycles. The molecule has 1 N–H and O–H groups in total. The first-order chi connectivity index (χ1) is 11.7.